The molecule has 0 spiro atoms. The average molecular weight is 278 g/mol. The highest BCUT2D eigenvalue weighted by Gasteiger charge is 2.39. The first-order chi connectivity index (χ1) is 8.04. The van der Waals surface area contributed by atoms with E-state index in [0.29, 0.717) is 18.2 Å². The average Bonchev–Trinajstić information content (AvgIpc) is 2.22. The van der Waals surface area contributed by atoms with Gasteiger partial charge in [-0.1, -0.05) is 6.42 Å². The predicted octanol–water partition coefficient (Wildman–Crippen LogP) is 0.533. The van der Waals surface area contributed by atoms with Crippen molar-refractivity contribution < 1.29 is 8.42 Å². The Morgan fingerprint density at radius 3 is 2.65 bits per heavy atom. The van der Waals surface area contributed by atoms with Crippen molar-refractivity contribution in [3.8, 4) is 0 Å². The third-order valence-corrected chi connectivity index (χ3v) is 6.64. The molecule has 0 bridgehead atoms. The van der Waals surface area contributed by atoms with Gasteiger partial charge in [-0.2, -0.15) is 11.8 Å². The lowest BCUT2D eigenvalue weighted by Gasteiger charge is -2.45. The van der Waals surface area contributed by atoms with Crippen molar-refractivity contribution in [2.45, 2.75) is 30.7 Å². The minimum atomic E-state index is -3.00. The zero-order valence-electron chi connectivity index (χ0n) is 10.3. The van der Waals surface area contributed by atoms with Gasteiger partial charge in [-0.3, -0.25) is 4.90 Å². The van der Waals surface area contributed by atoms with E-state index in [1.807, 2.05) is 0 Å². The van der Waals surface area contributed by atoms with Gasteiger partial charge >= 0.3 is 0 Å². The van der Waals surface area contributed by atoms with Crippen molar-refractivity contribution in [3.05, 3.63) is 0 Å². The predicted molar refractivity (Wildman–Crippen MR) is 72.8 cm³/mol. The summed E-state index contributed by atoms with van der Waals surface area (Å²) in [6, 6.07) is 0.268. The summed E-state index contributed by atoms with van der Waals surface area (Å²) >= 11 is 1.74. The van der Waals surface area contributed by atoms with Crippen molar-refractivity contribution in [2.75, 3.05) is 30.9 Å². The maximum atomic E-state index is 11.9. The van der Waals surface area contributed by atoms with Crippen LogP contribution in [-0.4, -0.2) is 55.6 Å². The molecule has 2 atom stereocenters. The molecular weight excluding hydrogens is 256 g/mol. The van der Waals surface area contributed by atoms with Gasteiger partial charge in [0.2, 0.25) is 0 Å². The number of rotatable bonds is 4. The van der Waals surface area contributed by atoms with Crippen LogP contribution in [0.4, 0.5) is 0 Å². The summed E-state index contributed by atoms with van der Waals surface area (Å²) in [7, 11) is -3.00. The molecule has 1 aliphatic carbocycles. The van der Waals surface area contributed by atoms with E-state index >= 15 is 0 Å². The molecule has 2 unspecified atom stereocenters. The lowest BCUT2D eigenvalue weighted by Crippen LogP contribution is -2.57. The van der Waals surface area contributed by atoms with Crippen LogP contribution in [0.1, 0.15) is 19.3 Å². The molecule has 0 aromatic rings. The van der Waals surface area contributed by atoms with Gasteiger partial charge in [-0.15, -0.1) is 0 Å². The van der Waals surface area contributed by atoms with Gasteiger partial charge in [0.15, 0.2) is 9.84 Å². The summed E-state index contributed by atoms with van der Waals surface area (Å²) in [6.07, 6.45) is 5.04. The van der Waals surface area contributed by atoms with Crippen LogP contribution < -0.4 is 5.73 Å². The maximum absolute atomic E-state index is 11.9. The lowest BCUT2D eigenvalue weighted by atomic mass is 9.79. The third kappa shape index (κ3) is 2.97. The standard InChI is InChI=1S/C11H22N2O2S2/c1-17(14,15)11-8-16-6-5-13(11)10(7-12)9-3-2-4-9/h9-11H,2-8,12H2,1H3. The summed E-state index contributed by atoms with van der Waals surface area (Å²) in [5, 5.41) is -0.324. The van der Waals surface area contributed by atoms with E-state index in [-0.39, 0.29) is 11.4 Å². The van der Waals surface area contributed by atoms with Crippen molar-refractivity contribution in [1.29, 1.82) is 0 Å². The Bertz CT molecular complexity index is 354. The summed E-state index contributed by atoms with van der Waals surface area (Å²) < 4.78 is 23.7. The van der Waals surface area contributed by atoms with E-state index in [0.717, 1.165) is 12.3 Å². The molecule has 4 nitrogen and oxygen atoms in total. The summed E-state index contributed by atoms with van der Waals surface area (Å²) in [5.74, 6) is 2.34. The minimum Gasteiger partial charge on any atom is -0.329 e. The molecule has 0 amide bonds. The van der Waals surface area contributed by atoms with Crippen molar-refractivity contribution in [1.82, 2.24) is 4.90 Å². The number of nitrogens with zero attached hydrogens (tertiary/aromatic N) is 1. The Kier molecular flexibility index (Phi) is 4.39. The fourth-order valence-electron chi connectivity index (χ4n) is 2.77. The molecule has 0 radical (unpaired) electrons. The molecule has 1 aliphatic heterocycles. The van der Waals surface area contributed by atoms with Crippen LogP contribution >= 0.6 is 11.8 Å². The van der Waals surface area contributed by atoms with Crippen molar-refractivity contribution in [3.63, 3.8) is 0 Å². The van der Waals surface area contributed by atoms with Crippen molar-refractivity contribution in [2.24, 2.45) is 11.7 Å². The lowest BCUT2D eigenvalue weighted by molar-refractivity contribution is 0.0973. The van der Waals surface area contributed by atoms with E-state index < -0.39 is 9.84 Å². The van der Waals surface area contributed by atoms with Crippen LogP contribution in [0.3, 0.4) is 0 Å². The van der Waals surface area contributed by atoms with Crippen LogP contribution in [0.25, 0.3) is 0 Å². The number of hydrogen-bond acceptors (Lipinski definition) is 5. The molecule has 100 valence electrons. The van der Waals surface area contributed by atoms with E-state index in [1.54, 1.807) is 11.8 Å². The Hall–Kier alpha value is 0.220. The zero-order valence-corrected chi connectivity index (χ0v) is 12.0. The zero-order chi connectivity index (χ0) is 12.5. The van der Waals surface area contributed by atoms with Crippen LogP contribution in [0.2, 0.25) is 0 Å². The smallest absolute Gasteiger partial charge is 0.164 e. The first kappa shape index (κ1) is 13.6. The Morgan fingerprint density at radius 2 is 2.18 bits per heavy atom. The Morgan fingerprint density at radius 1 is 1.47 bits per heavy atom. The van der Waals surface area contributed by atoms with Gasteiger partial charge in [0.25, 0.3) is 0 Å². The molecule has 2 aliphatic rings. The summed E-state index contributed by atoms with van der Waals surface area (Å²) in [5.41, 5.74) is 5.88. The Balaban J connectivity index is 2.14. The van der Waals surface area contributed by atoms with Gasteiger partial charge in [-0.05, 0) is 18.8 Å². The second-order valence-corrected chi connectivity index (χ2v) is 8.44. The molecule has 6 heteroatoms. The SMILES string of the molecule is CS(=O)(=O)C1CSCCN1C(CN)C1CCC1. The van der Waals surface area contributed by atoms with E-state index in [1.165, 1.54) is 25.5 Å². The summed E-state index contributed by atoms with van der Waals surface area (Å²) in [6.45, 7) is 1.45. The molecule has 1 saturated carbocycles. The van der Waals surface area contributed by atoms with Gasteiger partial charge in [0.1, 0.15) is 5.37 Å². The van der Waals surface area contributed by atoms with Crippen LogP contribution in [0.5, 0.6) is 0 Å². The van der Waals surface area contributed by atoms with E-state index in [9.17, 15) is 8.42 Å². The number of sulfone groups is 1. The summed E-state index contributed by atoms with van der Waals surface area (Å²) in [4.78, 5) is 2.16. The minimum absolute atomic E-state index is 0.268. The van der Waals surface area contributed by atoms with Crippen LogP contribution in [0.15, 0.2) is 0 Å². The van der Waals surface area contributed by atoms with Crippen LogP contribution in [0, 0.1) is 5.92 Å². The highest BCUT2D eigenvalue weighted by molar-refractivity contribution is 8.00. The number of hydrogen-bond donors (Lipinski definition) is 1. The van der Waals surface area contributed by atoms with Crippen molar-refractivity contribution >= 4 is 21.6 Å². The molecule has 17 heavy (non-hydrogen) atoms. The molecule has 0 aromatic carbocycles. The van der Waals surface area contributed by atoms with E-state index in [2.05, 4.69) is 4.90 Å². The highest BCUT2D eigenvalue weighted by Crippen LogP contribution is 2.34. The second-order valence-electron chi connectivity index (χ2n) is 5.09. The number of nitrogens with two attached hydrogens (primary N) is 1. The second kappa shape index (κ2) is 5.47. The number of thioether (sulfide) groups is 1. The fraction of sp³-hybridized carbons (Fsp3) is 1.00. The molecule has 2 N–H and O–H groups in total. The molecule has 0 aromatic heterocycles. The monoisotopic (exact) mass is 278 g/mol. The normalized spacial score (nSPS) is 29.9. The molecule has 1 heterocycles. The van der Waals surface area contributed by atoms with Crippen LogP contribution in [-0.2, 0) is 9.84 Å². The van der Waals surface area contributed by atoms with Gasteiger partial charge < -0.3 is 5.73 Å². The fourth-order valence-corrected chi connectivity index (χ4v) is 5.70. The molecular formula is C11H22N2O2S2. The van der Waals surface area contributed by atoms with E-state index in [4.69, 9.17) is 5.73 Å². The molecule has 2 rings (SSSR count). The van der Waals surface area contributed by atoms with Gasteiger partial charge in [0.05, 0.1) is 0 Å². The largest absolute Gasteiger partial charge is 0.329 e. The first-order valence-electron chi connectivity index (χ1n) is 6.26. The topological polar surface area (TPSA) is 63.4 Å². The third-order valence-electron chi connectivity index (χ3n) is 3.98. The highest BCUT2D eigenvalue weighted by atomic mass is 32.2. The maximum Gasteiger partial charge on any atom is 0.164 e. The van der Waals surface area contributed by atoms with Gasteiger partial charge in [-0.25, -0.2) is 8.42 Å². The quantitative estimate of drug-likeness (QED) is 0.813. The Labute approximate surface area is 108 Å². The first-order valence-corrected chi connectivity index (χ1v) is 9.37. The van der Waals surface area contributed by atoms with Gasteiger partial charge in [0, 0.05) is 36.9 Å². The molecule has 1 saturated heterocycles. The molecule has 2 fully saturated rings.